The summed E-state index contributed by atoms with van der Waals surface area (Å²) in [5.41, 5.74) is 1.32. The first kappa shape index (κ1) is 11.9. The Morgan fingerprint density at radius 2 is 1.88 bits per heavy atom. The van der Waals surface area contributed by atoms with Crippen LogP contribution in [0.4, 0.5) is 0 Å². The summed E-state index contributed by atoms with van der Waals surface area (Å²) in [5.74, 6) is 1.02. The van der Waals surface area contributed by atoms with E-state index in [1.165, 1.54) is 5.56 Å². The zero-order valence-electron chi connectivity index (χ0n) is 9.89. The Morgan fingerprint density at radius 3 is 2.50 bits per heavy atom. The third-order valence-corrected chi connectivity index (χ3v) is 5.87. The lowest BCUT2D eigenvalue weighted by molar-refractivity contribution is 0.292. The summed E-state index contributed by atoms with van der Waals surface area (Å²) in [6, 6.07) is 10.5. The topological polar surface area (TPSA) is 21.7 Å². The molecule has 1 fully saturated rings. The molecular weight excluding hydrogens is 222 g/mol. The Labute approximate surface area is 99.2 Å². The first-order valence-corrected chi connectivity index (χ1v) is 7.13. The van der Waals surface area contributed by atoms with Crippen LogP contribution in [-0.2, 0) is 14.9 Å². The molecule has 0 atom stereocenters. The monoisotopic (exact) mass is 241 g/mol. The third-order valence-electron chi connectivity index (χ3n) is 2.93. The third kappa shape index (κ3) is 2.25. The molecular formula is C12H19NO2S. The van der Waals surface area contributed by atoms with Crippen molar-refractivity contribution in [3.8, 4) is 0 Å². The fourth-order valence-corrected chi connectivity index (χ4v) is 4.50. The van der Waals surface area contributed by atoms with E-state index in [9.17, 15) is 0 Å². The smallest absolute Gasteiger partial charge is 0.0620 e. The van der Waals surface area contributed by atoms with Gasteiger partial charge in [-0.3, -0.25) is 8.37 Å². The highest BCUT2D eigenvalue weighted by molar-refractivity contribution is 8.24. The van der Waals surface area contributed by atoms with Gasteiger partial charge in [-0.1, -0.05) is 30.3 Å². The van der Waals surface area contributed by atoms with Crippen molar-refractivity contribution in [3.63, 3.8) is 0 Å². The van der Waals surface area contributed by atoms with E-state index < -0.39 is 10.8 Å². The molecule has 0 aliphatic carbocycles. The van der Waals surface area contributed by atoms with E-state index in [1.807, 2.05) is 6.07 Å². The van der Waals surface area contributed by atoms with Gasteiger partial charge >= 0.3 is 0 Å². The van der Waals surface area contributed by atoms with Crippen molar-refractivity contribution in [2.24, 2.45) is 0 Å². The Bertz CT molecular complexity index is 327. The maximum absolute atomic E-state index is 5.62. The van der Waals surface area contributed by atoms with E-state index in [1.54, 1.807) is 14.2 Å². The molecule has 0 bridgehead atoms. The van der Waals surface area contributed by atoms with E-state index in [0.29, 0.717) is 0 Å². The highest BCUT2D eigenvalue weighted by atomic mass is 32.3. The SMILES string of the molecule is COS1(OC)CCCN1Cc1ccccc1. The summed E-state index contributed by atoms with van der Waals surface area (Å²) in [6.45, 7) is 1.98. The van der Waals surface area contributed by atoms with Gasteiger partial charge in [-0.05, 0) is 12.0 Å². The fourth-order valence-electron chi connectivity index (χ4n) is 2.10. The first-order valence-electron chi connectivity index (χ1n) is 5.52. The minimum Gasteiger partial charge on any atom is -0.274 e. The quantitative estimate of drug-likeness (QED) is 0.809. The average Bonchev–Trinajstić information content (AvgIpc) is 2.74. The molecule has 0 unspecified atom stereocenters. The molecule has 1 saturated heterocycles. The highest BCUT2D eigenvalue weighted by Crippen LogP contribution is 2.57. The van der Waals surface area contributed by atoms with Crippen molar-refractivity contribution in [2.75, 3.05) is 26.5 Å². The Balaban J connectivity index is 2.09. The largest absolute Gasteiger partial charge is 0.274 e. The Hall–Kier alpha value is -0.550. The number of nitrogens with zero attached hydrogens (tertiary/aromatic N) is 1. The normalized spacial score (nSPS) is 22.1. The lowest BCUT2D eigenvalue weighted by atomic mass is 10.2. The average molecular weight is 241 g/mol. The number of rotatable bonds is 4. The molecule has 1 aliphatic rings. The van der Waals surface area contributed by atoms with Gasteiger partial charge in [0.15, 0.2) is 0 Å². The molecule has 4 heteroatoms. The van der Waals surface area contributed by atoms with Crippen LogP contribution in [0.15, 0.2) is 30.3 Å². The second-order valence-electron chi connectivity index (χ2n) is 3.82. The van der Waals surface area contributed by atoms with Crippen LogP contribution >= 0.6 is 10.8 Å². The summed E-state index contributed by atoms with van der Waals surface area (Å²) >= 11 is 0. The molecule has 0 N–H and O–H groups in total. The van der Waals surface area contributed by atoms with E-state index in [0.717, 1.165) is 25.3 Å². The van der Waals surface area contributed by atoms with Crippen molar-refractivity contribution in [1.29, 1.82) is 0 Å². The van der Waals surface area contributed by atoms with Gasteiger partial charge in [0.05, 0.1) is 20.0 Å². The molecule has 0 aromatic heterocycles. The zero-order chi connectivity index (χ0) is 11.4. The second-order valence-corrected chi connectivity index (χ2v) is 6.58. The second kappa shape index (κ2) is 5.19. The first-order chi connectivity index (χ1) is 7.80. The van der Waals surface area contributed by atoms with Crippen LogP contribution in [0.5, 0.6) is 0 Å². The van der Waals surface area contributed by atoms with Crippen LogP contribution in [0.2, 0.25) is 0 Å². The van der Waals surface area contributed by atoms with Crippen LogP contribution in [-0.4, -0.2) is 30.8 Å². The summed E-state index contributed by atoms with van der Waals surface area (Å²) in [4.78, 5) is 0. The van der Waals surface area contributed by atoms with Gasteiger partial charge in [0.1, 0.15) is 0 Å². The van der Waals surface area contributed by atoms with Crippen molar-refractivity contribution in [3.05, 3.63) is 35.9 Å². The van der Waals surface area contributed by atoms with Gasteiger partial charge < -0.3 is 0 Å². The lowest BCUT2D eigenvalue weighted by Gasteiger charge is -2.44. The van der Waals surface area contributed by atoms with Crippen LogP contribution in [0, 0.1) is 0 Å². The van der Waals surface area contributed by atoms with Crippen molar-refractivity contribution in [2.45, 2.75) is 13.0 Å². The molecule has 0 saturated carbocycles. The minimum atomic E-state index is -1.44. The molecule has 2 rings (SSSR count). The zero-order valence-corrected chi connectivity index (χ0v) is 10.7. The summed E-state index contributed by atoms with van der Waals surface area (Å²) in [5, 5.41) is 0. The molecule has 1 aliphatic heterocycles. The maximum Gasteiger partial charge on any atom is 0.0620 e. The molecule has 1 heterocycles. The molecule has 16 heavy (non-hydrogen) atoms. The van der Waals surface area contributed by atoms with Gasteiger partial charge in [-0.2, -0.15) is 0 Å². The van der Waals surface area contributed by atoms with Gasteiger partial charge in [-0.15, -0.1) is 10.8 Å². The maximum atomic E-state index is 5.62. The number of hydrogen-bond donors (Lipinski definition) is 0. The van der Waals surface area contributed by atoms with Crippen molar-refractivity contribution in [1.82, 2.24) is 4.31 Å². The van der Waals surface area contributed by atoms with Crippen molar-refractivity contribution < 1.29 is 8.37 Å². The standard InChI is InChI=1S/C12H19NO2S/c1-14-16(15-2)10-6-9-13(16)11-12-7-4-3-5-8-12/h3-5,7-8H,6,9-11H2,1-2H3. The fraction of sp³-hybridized carbons (Fsp3) is 0.500. The van der Waals surface area contributed by atoms with Crippen LogP contribution in [0.1, 0.15) is 12.0 Å². The summed E-state index contributed by atoms with van der Waals surface area (Å²) < 4.78 is 13.6. The van der Waals surface area contributed by atoms with Gasteiger partial charge in [0.25, 0.3) is 0 Å². The molecule has 3 nitrogen and oxygen atoms in total. The van der Waals surface area contributed by atoms with E-state index in [2.05, 4.69) is 28.6 Å². The minimum absolute atomic E-state index is 0.915. The number of benzene rings is 1. The van der Waals surface area contributed by atoms with Crippen LogP contribution in [0.3, 0.4) is 0 Å². The highest BCUT2D eigenvalue weighted by Gasteiger charge is 2.32. The van der Waals surface area contributed by atoms with Crippen LogP contribution < -0.4 is 0 Å². The Kier molecular flexibility index (Phi) is 3.86. The van der Waals surface area contributed by atoms with Gasteiger partial charge in [0, 0.05) is 13.1 Å². The van der Waals surface area contributed by atoms with Gasteiger partial charge in [0.2, 0.25) is 0 Å². The summed E-state index contributed by atoms with van der Waals surface area (Å²) in [7, 11) is 2.06. The molecule has 1 aromatic rings. The molecule has 0 amide bonds. The molecule has 0 radical (unpaired) electrons. The van der Waals surface area contributed by atoms with Crippen LogP contribution in [0.25, 0.3) is 0 Å². The predicted octanol–water partition coefficient (Wildman–Crippen LogP) is 2.73. The van der Waals surface area contributed by atoms with Crippen molar-refractivity contribution >= 4 is 10.8 Å². The molecule has 90 valence electrons. The van der Waals surface area contributed by atoms with E-state index in [-0.39, 0.29) is 0 Å². The summed E-state index contributed by atoms with van der Waals surface area (Å²) in [6.07, 6.45) is 1.16. The Morgan fingerprint density at radius 1 is 1.19 bits per heavy atom. The molecule has 1 aromatic carbocycles. The predicted molar refractivity (Wildman–Crippen MR) is 67.9 cm³/mol. The lowest BCUT2D eigenvalue weighted by Crippen LogP contribution is -2.25. The number of hydrogen-bond acceptors (Lipinski definition) is 3. The van der Waals surface area contributed by atoms with Gasteiger partial charge in [-0.25, -0.2) is 4.31 Å². The van der Waals surface area contributed by atoms with E-state index >= 15 is 0 Å². The van der Waals surface area contributed by atoms with E-state index in [4.69, 9.17) is 8.37 Å². The molecule has 0 spiro atoms.